The average Bonchev–Trinajstić information content (AvgIpc) is 3.47. The van der Waals surface area contributed by atoms with Crippen LogP contribution in [0.4, 0.5) is 5.13 Å². The number of aryl methyl sites for hydroxylation is 1. The number of amides is 1. The molecular formula is C21H20N6O3S. The molecule has 1 amide bonds. The minimum Gasteiger partial charge on any atom is -0.497 e. The van der Waals surface area contributed by atoms with Crippen LogP contribution in [0, 0.1) is 0 Å². The lowest BCUT2D eigenvalue weighted by molar-refractivity contribution is 0.102. The third-order valence-electron chi connectivity index (χ3n) is 4.48. The van der Waals surface area contributed by atoms with Crippen LogP contribution in [0.1, 0.15) is 23.1 Å². The number of nitrogens with zero attached hydrogens (tertiary/aromatic N) is 5. The molecule has 2 aromatic carbocycles. The normalized spacial score (nSPS) is 10.6. The summed E-state index contributed by atoms with van der Waals surface area (Å²) in [5, 5.41) is 16.7. The van der Waals surface area contributed by atoms with Crippen molar-refractivity contribution in [2.45, 2.75) is 20.1 Å². The highest BCUT2D eigenvalue weighted by Crippen LogP contribution is 2.27. The molecule has 0 aliphatic heterocycles. The average molecular weight is 436 g/mol. The van der Waals surface area contributed by atoms with Gasteiger partial charge >= 0.3 is 0 Å². The number of hydrogen-bond donors (Lipinski definition) is 1. The lowest BCUT2D eigenvalue weighted by atomic mass is 10.2. The summed E-state index contributed by atoms with van der Waals surface area (Å²) in [5.41, 5.74) is 2.20. The lowest BCUT2D eigenvalue weighted by Gasteiger charge is -2.07. The molecule has 0 saturated carbocycles. The van der Waals surface area contributed by atoms with Gasteiger partial charge in [0.05, 0.1) is 12.8 Å². The Morgan fingerprint density at radius 1 is 1.16 bits per heavy atom. The van der Waals surface area contributed by atoms with E-state index in [0.717, 1.165) is 17.0 Å². The van der Waals surface area contributed by atoms with Gasteiger partial charge in [-0.15, -0.1) is 16.4 Å². The number of aromatic nitrogens is 5. The van der Waals surface area contributed by atoms with E-state index < -0.39 is 0 Å². The number of tetrazole rings is 1. The number of methoxy groups -OCH3 is 1. The Bertz CT molecular complexity index is 1170. The van der Waals surface area contributed by atoms with Crippen molar-refractivity contribution < 1.29 is 14.3 Å². The van der Waals surface area contributed by atoms with Gasteiger partial charge in [-0.05, 0) is 59.8 Å². The number of benzene rings is 2. The molecule has 0 spiro atoms. The van der Waals surface area contributed by atoms with Gasteiger partial charge in [-0.2, -0.15) is 0 Å². The van der Waals surface area contributed by atoms with Crippen molar-refractivity contribution in [2.24, 2.45) is 0 Å². The monoisotopic (exact) mass is 436 g/mol. The summed E-state index contributed by atoms with van der Waals surface area (Å²) in [4.78, 5) is 17.2. The molecule has 158 valence electrons. The van der Waals surface area contributed by atoms with Crippen LogP contribution in [0.15, 0.2) is 53.9 Å². The summed E-state index contributed by atoms with van der Waals surface area (Å²) in [6, 6.07) is 14.5. The third kappa shape index (κ3) is 4.86. The quantitative estimate of drug-likeness (QED) is 0.449. The van der Waals surface area contributed by atoms with Gasteiger partial charge in [0, 0.05) is 23.1 Å². The first-order valence-electron chi connectivity index (χ1n) is 9.55. The van der Waals surface area contributed by atoms with Crippen molar-refractivity contribution in [1.29, 1.82) is 0 Å². The van der Waals surface area contributed by atoms with Crippen molar-refractivity contribution in [2.75, 3.05) is 12.4 Å². The molecular weight excluding hydrogens is 416 g/mol. The fraction of sp³-hybridized carbons (Fsp3) is 0.190. The maximum absolute atomic E-state index is 12.7. The van der Waals surface area contributed by atoms with Crippen LogP contribution in [0.3, 0.4) is 0 Å². The zero-order valence-electron chi connectivity index (χ0n) is 17.0. The molecule has 1 N–H and O–H groups in total. The molecule has 31 heavy (non-hydrogen) atoms. The smallest absolute Gasteiger partial charge is 0.257 e. The topological polar surface area (TPSA) is 104 Å². The highest BCUT2D eigenvalue weighted by atomic mass is 32.1. The Balaban J connectivity index is 1.40. The number of thiazole rings is 1. The first-order valence-corrected chi connectivity index (χ1v) is 10.4. The largest absolute Gasteiger partial charge is 0.497 e. The van der Waals surface area contributed by atoms with Gasteiger partial charge in [-0.25, -0.2) is 9.67 Å². The minimum absolute atomic E-state index is 0.212. The number of carbonyl (C=O) groups excluding carboxylic acids is 1. The number of carbonyl (C=O) groups is 1. The molecule has 0 bridgehead atoms. The molecule has 0 fully saturated rings. The molecule has 9 nitrogen and oxygen atoms in total. The molecule has 2 heterocycles. The fourth-order valence-electron chi connectivity index (χ4n) is 2.84. The van der Waals surface area contributed by atoms with Gasteiger partial charge in [-0.3, -0.25) is 10.1 Å². The molecule has 0 aliphatic carbocycles. The van der Waals surface area contributed by atoms with E-state index in [9.17, 15) is 4.79 Å². The van der Waals surface area contributed by atoms with E-state index in [2.05, 4.69) is 25.8 Å². The first-order chi connectivity index (χ1) is 15.2. The first kappa shape index (κ1) is 20.5. The van der Waals surface area contributed by atoms with Crippen molar-refractivity contribution in [1.82, 2.24) is 25.2 Å². The molecule has 0 atom stereocenters. The van der Waals surface area contributed by atoms with E-state index in [1.807, 2.05) is 36.6 Å². The number of anilines is 1. The Labute approximate surface area is 182 Å². The summed E-state index contributed by atoms with van der Waals surface area (Å²) < 4.78 is 12.6. The lowest BCUT2D eigenvalue weighted by Crippen LogP contribution is -2.12. The Kier molecular flexibility index (Phi) is 6.18. The molecule has 0 radical (unpaired) electrons. The standard InChI is InChI=1S/C21H20N6O3S/c1-3-27-19(24-25-26-27)12-30-17-6-4-5-15(11-17)20(28)23-21-22-18(13-31-21)14-7-9-16(29-2)10-8-14/h4-11,13H,3,12H2,1-2H3,(H,22,23,28). The van der Waals surface area contributed by atoms with Gasteiger partial charge in [0.2, 0.25) is 0 Å². The van der Waals surface area contributed by atoms with E-state index in [1.165, 1.54) is 11.3 Å². The highest BCUT2D eigenvalue weighted by molar-refractivity contribution is 7.14. The van der Waals surface area contributed by atoms with Crippen LogP contribution in [-0.2, 0) is 13.2 Å². The Morgan fingerprint density at radius 3 is 2.77 bits per heavy atom. The van der Waals surface area contributed by atoms with E-state index in [0.29, 0.717) is 28.8 Å². The predicted octanol–water partition coefficient (Wildman–Crippen LogP) is 3.66. The van der Waals surface area contributed by atoms with Gasteiger partial charge in [0.1, 0.15) is 18.1 Å². The summed E-state index contributed by atoms with van der Waals surface area (Å²) in [5.74, 6) is 1.68. The van der Waals surface area contributed by atoms with Crippen LogP contribution in [0.5, 0.6) is 11.5 Å². The molecule has 2 aromatic heterocycles. The number of ether oxygens (including phenoxy) is 2. The van der Waals surface area contributed by atoms with E-state index >= 15 is 0 Å². The second-order valence-corrected chi connectivity index (χ2v) is 7.31. The second kappa shape index (κ2) is 9.35. The number of rotatable bonds is 8. The predicted molar refractivity (Wildman–Crippen MR) is 116 cm³/mol. The third-order valence-corrected chi connectivity index (χ3v) is 5.24. The number of nitrogens with one attached hydrogen (secondary N) is 1. The van der Waals surface area contributed by atoms with Gasteiger partial charge in [0.25, 0.3) is 5.91 Å². The van der Waals surface area contributed by atoms with E-state index in [4.69, 9.17) is 9.47 Å². The molecule has 10 heteroatoms. The highest BCUT2D eigenvalue weighted by Gasteiger charge is 2.12. The fourth-order valence-corrected chi connectivity index (χ4v) is 3.56. The molecule has 4 aromatic rings. The molecule has 0 unspecified atom stereocenters. The Morgan fingerprint density at radius 2 is 2.00 bits per heavy atom. The van der Waals surface area contributed by atoms with E-state index in [1.54, 1.807) is 36.1 Å². The second-order valence-electron chi connectivity index (χ2n) is 6.45. The Hall–Kier alpha value is -3.79. The van der Waals surface area contributed by atoms with Crippen molar-refractivity contribution >= 4 is 22.4 Å². The van der Waals surface area contributed by atoms with Gasteiger partial charge in [-0.1, -0.05) is 6.07 Å². The number of hydrogen-bond acceptors (Lipinski definition) is 8. The maximum Gasteiger partial charge on any atom is 0.257 e. The maximum atomic E-state index is 12.7. The van der Waals surface area contributed by atoms with Crippen LogP contribution in [-0.4, -0.2) is 38.2 Å². The summed E-state index contributed by atoms with van der Waals surface area (Å²) in [6.07, 6.45) is 0. The van der Waals surface area contributed by atoms with Crippen LogP contribution in [0.2, 0.25) is 0 Å². The molecule has 0 saturated heterocycles. The van der Waals surface area contributed by atoms with Crippen LogP contribution < -0.4 is 14.8 Å². The zero-order valence-corrected chi connectivity index (χ0v) is 17.8. The summed E-state index contributed by atoms with van der Waals surface area (Å²) in [7, 11) is 1.62. The minimum atomic E-state index is -0.264. The van der Waals surface area contributed by atoms with Crippen LogP contribution in [0.25, 0.3) is 11.3 Å². The summed E-state index contributed by atoms with van der Waals surface area (Å²) >= 11 is 1.36. The van der Waals surface area contributed by atoms with Crippen LogP contribution >= 0.6 is 11.3 Å². The molecule has 4 rings (SSSR count). The SMILES string of the molecule is CCn1nnnc1COc1cccc(C(=O)Nc2nc(-c3ccc(OC)cc3)cs2)c1. The van der Waals surface area contributed by atoms with E-state index in [-0.39, 0.29) is 12.5 Å². The van der Waals surface area contributed by atoms with Gasteiger partial charge < -0.3 is 9.47 Å². The van der Waals surface area contributed by atoms with Gasteiger partial charge in [0.15, 0.2) is 11.0 Å². The molecule has 0 aliphatic rings. The van der Waals surface area contributed by atoms with Crippen molar-refractivity contribution in [3.8, 4) is 22.8 Å². The zero-order chi connectivity index (χ0) is 21.6. The summed E-state index contributed by atoms with van der Waals surface area (Å²) in [6.45, 7) is 2.81. The van der Waals surface area contributed by atoms with Crippen molar-refractivity contribution in [3.05, 3.63) is 65.3 Å². The van der Waals surface area contributed by atoms with Crippen molar-refractivity contribution in [3.63, 3.8) is 0 Å².